The number of nitrogens with two attached hydrogens (primary N) is 1. The van der Waals surface area contributed by atoms with Crippen LogP contribution in [0.25, 0.3) is 0 Å². The van der Waals surface area contributed by atoms with Gasteiger partial charge in [-0.1, -0.05) is 0 Å². The molecule has 1 rings (SSSR count). The summed E-state index contributed by atoms with van der Waals surface area (Å²) in [5.41, 5.74) is 7.52. The molecule has 80 valence electrons. The summed E-state index contributed by atoms with van der Waals surface area (Å²) in [4.78, 5) is 0. The van der Waals surface area contributed by atoms with Crippen molar-refractivity contribution >= 4 is 23.3 Å². The predicted octanol–water partition coefficient (Wildman–Crippen LogP) is 1.48. The van der Waals surface area contributed by atoms with E-state index in [2.05, 4.69) is 16.7 Å². The second kappa shape index (κ2) is 5.14. The van der Waals surface area contributed by atoms with Crippen LogP contribution >= 0.6 is 11.8 Å². The van der Waals surface area contributed by atoms with Crippen LogP contribution in [0.15, 0.2) is 0 Å². The van der Waals surface area contributed by atoms with Crippen molar-refractivity contribution in [2.45, 2.75) is 13.3 Å². The Bertz CT molecular complexity index is 295. The Labute approximate surface area is 89.2 Å². The van der Waals surface area contributed by atoms with Crippen molar-refractivity contribution in [1.82, 2.24) is 9.78 Å². The Balaban J connectivity index is 2.49. The molecule has 0 aliphatic heterocycles. The van der Waals surface area contributed by atoms with E-state index < -0.39 is 0 Å². The standard InChI is InChI=1S/C9H18N4S/c1-7-8(10)9(13(2)12-7)11-5-4-6-14-3/h11H,4-6,10H2,1-3H3. The van der Waals surface area contributed by atoms with Crippen LogP contribution in [0.3, 0.4) is 0 Å². The molecule has 1 heterocycles. The van der Waals surface area contributed by atoms with Crippen LogP contribution in [0.1, 0.15) is 12.1 Å². The van der Waals surface area contributed by atoms with Crippen LogP contribution in [0.4, 0.5) is 11.5 Å². The molecule has 0 aromatic carbocycles. The number of rotatable bonds is 5. The van der Waals surface area contributed by atoms with E-state index in [-0.39, 0.29) is 0 Å². The molecule has 3 N–H and O–H groups in total. The van der Waals surface area contributed by atoms with Crippen LogP contribution in [0.2, 0.25) is 0 Å². The van der Waals surface area contributed by atoms with Crippen molar-refractivity contribution in [2.75, 3.05) is 29.6 Å². The number of thioether (sulfide) groups is 1. The van der Waals surface area contributed by atoms with Gasteiger partial charge in [0.1, 0.15) is 5.82 Å². The topological polar surface area (TPSA) is 55.9 Å². The molecule has 0 fully saturated rings. The second-order valence-corrected chi connectivity index (χ2v) is 4.23. The summed E-state index contributed by atoms with van der Waals surface area (Å²) in [6, 6.07) is 0. The highest BCUT2D eigenvalue weighted by Gasteiger charge is 2.08. The third kappa shape index (κ3) is 2.57. The van der Waals surface area contributed by atoms with E-state index >= 15 is 0 Å². The van der Waals surface area contributed by atoms with Crippen LogP contribution in [0, 0.1) is 6.92 Å². The summed E-state index contributed by atoms with van der Waals surface area (Å²) in [7, 11) is 1.90. The van der Waals surface area contributed by atoms with Gasteiger partial charge in [0, 0.05) is 13.6 Å². The van der Waals surface area contributed by atoms with Crippen molar-refractivity contribution in [2.24, 2.45) is 7.05 Å². The number of aromatic nitrogens is 2. The molecule has 0 bridgehead atoms. The van der Waals surface area contributed by atoms with Crippen LogP contribution in [0.5, 0.6) is 0 Å². The maximum Gasteiger partial charge on any atom is 0.147 e. The van der Waals surface area contributed by atoms with E-state index in [0.717, 1.165) is 30.2 Å². The number of aryl methyl sites for hydroxylation is 2. The Morgan fingerprint density at radius 3 is 2.79 bits per heavy atom. The van der Waals surface area contributed by atoms with Gasteiger partial charge in [-0.15, -0.1) is 0 Å². The summed E-state index contributed by atoms with van der Waals surface area (Å²) in [6.07, 6.45) is 3.26. The quantitative estimate of drug-likeness (QED) is 0.729. The Morgan fingerprint density at radius 2 is 2.29 bits per heavy atom. The zero-order valence-electron chi connectivity index (χ0n) is 9.00. The lowest BCUT2D eigenvalue weighted by Crippen LogP contribution is -2.08. The molecule has 0 aliphatic carbocycles. The molecule has 0 aliphatic rings. The maximum absolute atomic E-state index is 5.87. The first-order chi connectivity index (χ1) is 6.66. The summed E-state index contributed by atoms with van der Waals surface area (Å²) in [5.74, 6) is 2.10. The maximum atomic E-state index is 5.87. The molecule has 0 amide bonds. The molecule has 0 atom stereocenters. The van der Waals surface area contributed by atoms with Gasteiger partial charge in [0.25, 0.3) is 0 Å². The lowest BCUT2D eigenvalue weighted by atomic mass is 10.4. The molecule has 1 aromatic rings. The van der Waals surface area contributed by atoms with Gasteiger partial charge in [-0.3, -0.25) is 4.68 Å². The van der Waals surface area contributed by atoms with Crippen molar-refractivity contribution in [3.05, 3.63) is 5.69 Å². The smallest absolute Gasteiger partial charge is 0.147 e. The Kier molecular flexibility index (Phi) is 4.13. The summed E-state index contributed by atoms with van der Waals surface area (Å²) < 4.78 is 1.80. The SMILES string of the molecule is CSCCCNc1c(N)c(C)nn1C. The summed E-state index contributed by atoms with van der Waals surface area (Å²) in [6.45, 7) is 2.87. The van der Waals surface area contributed by atoms with Crippen molar-refractivity contribution in [3.8, 4) is 0 Å². The van der Waals surface area contributed by atoms with E-state index in [1.54, 1.807) is 4.68 Å². The van der Waals surface area contributed by atoms with Gasteiger partial charge in [-0.2, -0.15) is 16.9 Å². The number of nitrogens with zero attached hydrogens (tertiary/aromatic N) is 2. The Morgan fingerprint density at radius 1 is 1.57 bits per heavy atom. The fourth-order valence-electron chi connectivity index (χ4n) is 1.31. The number of hydrogen-bond acceptors (Lipinski definition) is 4. The van der Waals surface area contributed by atoms with Crippen molar-refractivity contribution in [3.63, 3.8) is 0 Å². The van der Waals surface area contributed by atoms with Gasteiger partial charge in [0.05, 0.1) is 11.4 Å². The fourth-order valence-corrected chi connectivity index (χ4v) is 1.74. The highest BCUT2D eigenvalue weighted by molar-refractivity contribution is 7.98. The van der Waals surface area contributed by atoms with Gasteiger partial charge in [0.15, 0.2) is 0 Å². The van der Waals surface area contributed by atoms with Gasteiger partial charge in [-0.05, 0) is 25.4 Å². The second-order valence-electron chi connectivity index (χ2n) is 3.24. The van der Waals surface area contributed by atoms with Crippen molar-refractivity contribution in [1.29, 1.82) is 0 Å². The minimum Gasteiger partial charge on any atom is -0.394 e. The average Bonchev–Trinajstić information content (AvgIpc) is 2.38. The van der Waals surface area contributed by atoms with Gasteiger partial charge >= 0.3 is 0 Å². The first-order valence-corrected chi connectivity index (χ1v) is 6.08. The molecule has 14 heavy (non-hydrogen) atoms. The zero-order valence-corrected chi connectivity index (χ0v) is 9.82. The number of hydrogen-bond donors (Lipinski definition) is 2. The highest BCUT2D eigenvalue weighted by atomic mass is 32.2. The number of nitrogen functional groups attached to an aromatic ring is 1. The van der Waals surface area contributed by atoms with E-state index in [9.17, 15) is 0 Å². The molecule has 0 spiro atoms. The first-order valence-electron chi connectivity index (χ1n) is 4.68. The zero-order chi connectivity index (χ0) is 10.6. The number of anilines is 2. The molecular weight excluding hydrogens is 196 g/mol. The minimum atomic E-state index is 0.761. The molecule has 0 saturated carbocycles. The summed E-state index contributed by atoms with van der Waals surface area (Å²) >= 11 is 1.86. The summed E-state index contributed by atoms with van der Waals surface area (Å²) in [5, 5.41) is 7.53. The minimum absolute atomic E-state index is 0.761. The normalized spacial score (nSPS) is 10.5. The van der Waals surface area contributed by atoms with E-state index in [1.165, 1.54) is 5.75 Å². The van der Waals surface area contributed by atoms with Crippen LogP contribution in [-0.4, -0.2) is 28.3 Å². The third-order valence-corrected chi connectivity index (χ3v) is 2.78. The lowest BCUT2D eigenvalue weighted by molar-refractivity contribution is 0.756. The molecule has 1 aromatic heterocycles. The van der Waals surface area contributed by atoms with Crippen molar-refractivity contribution < 1.29 is 0 Å². The van der Waals surface area contributed by atoms with Gasteiger partial charge in [0.2, 0.25) is 0 Å². The molecule has 5 heteroatoms. The van der Waals surface area contributed by atoms with E-state index in [1.807, 2.05) is 25.7 Å². The average molecular weight is 214 g/mol. The molecule has 0 radical (unpaired) electrons. The molecule has 0 saturated heterocycles. The van der Waals surface area contributed by atoms with Crippen LogP contribution < -0.4 is 11.1 Å². The molecular formula is C9H18N4S. The first kappa shape index (κ1) is 11.2. The van der Waals surface area contributed by atoms with Gasteiger partial charge < -0.3 is 11.1 Å². The number of nitrogens with one attached hydrogen (secondary N) is 1. The van der Waals surface area contributed by atoms with E-state index in [0.29, 0.717) is 0 Å². The molecule has 0 unspecified atom stereocenters. The lowest BCUT2D eigenvalue weighted by Gasteiger charge is -2.06. The molecule has 4 nitrogen and oxygen atoms in total. The van der Waals surface area contributed by atoms with E-state index in [4.69, 9.17) is 5.73 Å². The largest absolute Gasteiger partial charge is 0.394 e. The monoisotopic (exact) mass is 214 g/mol. The highest BCUT2D eigenvalue weighted by Crippen LogP contribution is 2.20. The van der Waals surface area contributed by atoms with Gasteiger partial charge in [-0.25, -0.2) is 0 Å². The fraction of sp³-hybridized carbons (Fsp3) is 0.667. The van der Waals surface area contributed by atoms with Crippen LogP contribution in [-0.2, 0) is 7.05 Å². The third-order valence-electron chi connectivity index (χ3n) is 2.09. The Hall–Kier alpha value is -0.840. The predicted molar refractivity (Wildman–Crippen MR) is 63.8 cm³/mol.